The van der Waals surface area contributed by atoms with Gasteiger partial charge in [0.25, 0.3) is 0 Å². The van der Waals surface area contributed by atoms with Crippen LogP contribution in [-0.4, -0.2) is 14.3 Å². The molecule has 2 rings (SSSR count). The Morgan fingerprint density at radius 3 is 3.00 bits per heavy atom. The van der Waals surface area contributed by atoms with Crippen LogP contribution in [0.3, 0.4) is 0 Å². The second kappa shape index (κ2) is 2.44. The van der Waals surface area contributed by atoms with Crippen molar-refractivity contribution in [2.24, 2.45) is 0 Å². The number of nitrogens with zero attached hydrogens (tertiary/aromatic N) is 3. The van der Waals surface area contributed by atoms with Gasteiger partial charge in [-0.1, -0.05) is 6.07 Å². The summed E-state index contributed by atoms with van der Waals surface area (Å²) in [6, 6.07) is 4.94. The number of rotatable bonds is 1. The third-order valence-corrected chi connectivity index (χ3v) is 1.73. The molecule has 0 unspecified atom stereocenters. The molecule has 0 aliphatic rings. The Kier molecular flexibility index (Phi) is 1.42. The Bertz CT molecular complexity index is 476. The highest BCUT2D eigenvalue weighted by atomic mass is 16.6. The quantitative estimate of drug-likeness (QED) is 0.517. The number of nitrogen functional groups attached to an aromatic ring is 1. The molecule has 6 heteroatoms. The van der Waals surface area contributed by atoms with Crippen molar-refractivity contribution < 1.29 is 4.92 Å². The number of pyridine rings is 1. The summed E-state index contributed by atoms with van der Waals surface area (Å²) < 4.78 is 1.29. The van der Waals surface area contributed by atoms with E-state index in [1.165, 1.54) is 10.6 Å². The van der Waals surface area contributed by atoms with Crippen LogP contribution in [0.25, 0.3) is 5.65 Å². The molecule has 0 bridgehead atoms. The highest BCUT2D eigenvalue weighted by molar-refractivity contribution is 5.52. The first-order valence-corrected chi connectivity index (χ1v) is 3.56. The number of nitrogens with two attached hydrogens (primary N) is 1. The van der Waals surface area contributed by atoms with Crippen molar-refractivity contribution in [2.75, 3.05) is 5.73 Å². The zero-order valence-corrected chi connectivity index (χ0v) is 6.54. The molecular weight excluding hydrogens is 172 g/mol. The van der Waals surface area contributed by atoms with E-state index in [1.807, 2.05) is 0 Å². The highest BCUT2D eigenvalue weighted by Gasteiger charge is 2.15. The van der Waals surface area contributed by atoms with Gasteiger partial charge in [0.1, 0.15) is 6.20 Å². The van der Waals surface area contributed by atoms with Gasteiger partial charge >= 0.3 is 5.82 Å². The summed E-state index contributed by atoms with van der Waals surface area (Å²) in [7, 11) is 0. The lowest BCUT2D eigenvalue weighted by molar-refractivity contribution is -0.390. The number of hydrogen-bond donors (Lipinski definition) is 1. The summed E-state index contributed by atoms with van der Waals surface area (Å²) in [6.45, 7) is 0. The largest absolute Gasteiger partial charge is 0.366 e. The molecule has 0 fully saturated rings. The molecule has 0 aliphatic heterocycles. The third kappa shape index (κ3) is 0.994. The van der Waals surface area contributed by atoms with Crippen LogP contribution in [-0.2, 0) is 0 Å². The van der Waals surface area contributed by atoms with Gasteiger partial charge in [0, 0.05) is 12.1 Å². The van der Waals surface area contributed by atoms with E-state index < -0.39 is 4.92 Å². The van der Waals surface area contributed by atoms with Crippen LogP contribution in [0.15, 0.2) is 24.4 Å². The van der Waals surface area contributed by atoms with E-state index in [2.05, 4.69) is 4.98 Å². The van der Waals surface area contributed by atoms with Crippen molar-refractivity contribution in [2.45, 2.75) is 0 Å². The van der Waals surface area contributed by atoms with E-state index in [4.69, 9.17) is 5.73 Å². The standard InChI is InChI=1S/C7H6N4O2/c8-5-2-1-3-6-9-4-7(10(5)6)11(12)13/h1-4H,8H2. The average molecular weight is 178 g/mol. The Balaban J connectivity index is 2.86. The first-order chi connectivity index (χ1) is 6.20. The predicted octanol–water partition coefficient (Wildman–Crippen LogP) is 0.825. The fourth-order valence-electron chi connectivity index (χ4n) is 1.17. The SMILES string of the molecule is Nc1cccc2ncc([N+](=O)[O-])n12. The van der Waals surface area contributed by atoms with Gasteiger partial charge in [0.05, 0.1) is 0 Å². The molecule has 2 N–H and O–H groups in total. The molecule has 0 aromatic carbocycles. The molecule has 0 atom stereocenters. The van der Waals surface area contributed by atoms with Crippen molar-refractivity contribution in [1.82, 2.24) is 9.38 Å². The predicted molar refractivity (Wildman–Crippen MR) is 46.3 cm³/mol. The summed E-state index contributed by atoms with van der Waals surface area (Å²) in [6.07, 6.45) is 1.19. The molecule has 0 saturated carbocycles. The maximum absolute atomic E-state index is 10.5. The molecule has 2 aromatic rings. The molecule has 66 valence electrons. The fourth-order valence-corrected chi connectivity index (χ4v) is 1.17. The van der Waals surface area contributed by atoms with Gasteiger partial charge in [0.15, 0.2) is 5.82 Å². The molecule has 2 aromatic heterocycles. The van der Waals surface area contributed by atoms with Crippen molar-refractivity contribution in [3.63, 3.8) is 0 Å². The van der Waals surface area contributed by atoms with E-state index in [1.54, 1.807) is 18.2 Å². The monoisotopic (exact) mass is 178 g/mol. The molecule has 2 heterocycles. The molecular formula is C7H6N4O2. The molecule has 0 amide bonds. The van der Waals surface area contributed by atoms with E-state index in [0.717, 1.165) is 0 Å². The van der Waals surface area contributed by atoms with Gasteiger partial charge in [-0.15, -0.1) is 0 Å². The maximum Gasteiger partial charge on any atom is 0.349 e. The van der Waals surface area contributed by atoms with E-state index in [9.17, 15) is 10.1 Å². The number of nitro groups is 1. The minimum absolute atomic E-state index is 0.117. The van der Waals surface area contributed by atoms with Gasteiger partial charge < -0.3 is 15.8 Å². The van der Waals surface area contributed by atoms with Gasteiger partial charge in [-0.05, 0) is 4.92 Å². The van der Waals surface area contributed by atoms with Crippen LogP contribution in [0.4, 0.5) is 11.6 Å². The molecule has 0 radical (unpaired) electrons. The summed E-state index contributed by atoms with van der Waals surface area (Å²) >= 11 is 0. The van der Waals surface area contributed by atoms with Crippen LogP contribution in [0, 0.1) is 10.1 Å². The number of fused-ring (bicyclic) bond motifs is 1. The van der Waals surface area contributed by atoms with Crippen molar-refractivity contribution in [3.05, 3.63) is 34.5 Å². The lowest BCUT2D eigenvalue weighted by Gasteiger charge is -1.95. The molecule has 0 saturated heterocycles. The Hall–Kier alpha value is -2.11. The normalized spacial score (nSPS) is 10.5. The Morgan fingerprint density at radius 2 is 2.31 bits per heavy atom. The number of imidazole rings is 1. The van der Waals surface area contributed by atoms with Crippen LogP contribution >= 0.6 is 0 Å². The summed E-state index contributed by atoms with van der Waals surface area (Å²) in [5.74, 6) is 0.190. The minimum atomic E-state index is -0.518. The lowest BCUT2D eigenvalue weighted by Crippen LogP contribution is -1.99. The minimum Gasteiger partial charge on any atom is -0.366 e. The molecule has 0 spiro atoms. The first kappa shape index (κ1) is 7.53. The Morgan fingerprint density at radius 1 is 1.54 bits per heavy atom. The van der Waals surface area contributed by atoms with Crippen LogP contribution in [0.5, 0.6) is 0 Å². The zero-order valence-electron chi connectivity index (χ0n) is 6.54. The van der Waals surface area contributed by atoms with Crippen molar-refractivity contribution in [1.29, 1.82) is 0 Å². The summed E-state index contributed by atoms with van der Waals surface area (Å²) in [5.41, 5.74) is 6.04. The summed E-state index contributed by atoms with van der Waals surface area (Å²) in [4.78, 5) is 13.8. The maximum atomic E-state index is 10.5. The van der Waals surface area contributed by atoms with E-state index in [-0.39, 0.29) is 5.82 Å². The van der Waals surface area contributed by atoms with Crippen LogP contribution in [0.2, 0.25) is 0 Å². The summed E-state index contributed by atoms with van der Waals surface area (Å²) in [5, 5.41) is 10.5. The topological polar surface area (TPSA) is 86.5 Å². The second-order valence-corrected chi connectivity index (χ2v) is 2.52. The van der Waals surface area contributed by atoms with Gasteiger partial charge in [-0.25, -0.2) is 4.98 Å². The third-order valence-electron chi connectivity index (χ3n) is 1.73. The van der Waals surface area contributed by atoms with Crippen LogP contribution in [0.1, 0.15) is 0 Å². The second-order valence-electron chi connectivity index (χ2n) is 2.52. The number of hydrogen-bond acceptors (Lipinski definition) is 4. The highest BCUT2D eigenvalue weighted by Crippen LogP contribution is 2.17. The lowest BCUT2D eigenvalue weighted by atomic mass is 10.4. The number of anilines is 1. The van der Waals surface area contributed by atoms with Crippen LogP contribution < -0.4 is 5.73 Å². The van der Waals surface area contributed by atoms with Crippen molar-refractivity contribution in [3.8, 4) is 0 Å². The fraction of sp³-hybridized carbons (Fsp3) is 0. The van der Waals surface area contributed by atoms with E-state index in [0.29, 0.717) is 11.5 Å². The zero-order chi connectivity index (χ0) is 9.42. The average Bonchev–Trinajstić information content (AvgIpc) is 2.49. The number of aromatic nitrogens is 2. The van der Waals surface area contributed by atoms with Crippen molar-refractivity contribution >= 4 is 17.3 Å². The molecule has 6 nitrogen and oxygen atoms in total. The molecule has 13 heavy (non-hydrogen) atoms. The first-order valence-electron chi connectivity index (χ1n) is 3.56. The Labute approximate surface area is 72.8 Å². The smallest absolute Gasteiger partial charge is 0.349 e. The molecule has 0 aliphatic carbocycles. The van der Waals surface area contributed by atoms with Gasteiger partial charge in [0.2, 0.25) is 5.65 Å². The van der Waals surface area contributed by atoms with Gasteiger partial charge in [-0.2, -0.15) is 4.40 Å². The van der Waals surface area contributed by atoms with E-state index >= 15 is 0 Å². The van der Waals surface area contributed by atoms with Gasteiger partial charge in [-0.3, -0.25) is 0 Å².